The fourth-order valence-corrected chi connectivity index (χ4v) is 2.48. The molecule has 3 rings (SSSR count). The number of benzene rings is 1. The Morgan fingerprint density at radius 2 is 2.05 bits per heavy atom. The maximum absolute atomic E-state index is 12.4. The molecule has 0 aliphatic carbocycles. The molecule has 2 heterocycles. The van der Waals surface area contributed by atoms with Gasteiger partial charge in [-0.2, -0.15) is 0 Å². The number of anilines is 1. The zero-order valence-corrected chi connectivity index (χ0v) is 12.6. The molecule has 2 aromatic heterocycles. The minimum absolute atomic E-state index is 0.123. The first-order valence-corrected chi connectivity index (χ1v) is 7.12. The van der Waals surface area contributed by atoms with Crippen molar-refractivity contribution in [3.63, 3.8) is 0 Å². The van der Waals surface area contributed by atoms with E-state index in [0.717, 1.165) is 16.5 Å². The van der Waals surface area contributed by atoms with Gasteiger partial charge >= 0.3 is 0 Å². The number of aromatic amines is 1. The van der Waals surface area contributed by atoms with Crippen molar-refractivity contribution in [1.82, 2.24) is 15.3 Å². The van der Waals surface area contributed by atoms with Crippen molar-refractivity contribution in [2.24, 2.45) is 0 Å². The van der Waals surface area contributed by atoms with Gasteiger partial charge in [-0.25, -0.2) is 4.98 Å². The van der Waals surface area contributed by atoms with Crippen LogP contribution in [0, 0.1) is 0 Å². The van der Waals surface area contributed by atoms with E-state index in [9.17, 15) is 4.79 Å². The highest BCUT2D eigenvalue weighted by Crippen LogP contribution is 2.18. The number of nitrogens with one attached hydrogen (secondary N) is 2. The molecule has 0 aliphatic rings. The van der Waals surface area contributed by atoms with Crippen LogP contribution in [-0.2, 0) is 6.54 Å². The quantitative estimate of drug-likeness (QED) is 0.777. The largest absolute Gasteiger partial charge is 0.362 e. The van der Waals surface area contributed by atoms with Gasteiger partial charge in [-0.05, 0) is 23.8 Å². The number of fused-ring (bicyclic) bond motifs is 1. The fourth-order valence-electron chi connectivity index (χ4n) is 2.48. The Kier molecular flexibility index (Phi) is 3.78. The highest BCUT2D eigenvalue weighted by Gasteiger charge is 2.14. The molecule has 1 aromatic carbocycles. The van der Waals surface area contributed by atoms with E-state index < -0.39 is 0 Å². The number of carbonyl (C=O) groups is 1. The topological polar surface area (TPSA) is 61.0 Å². The smallest absolute Gasteiger partial charge is 0.255 e. The lowest BCUT2D eigenvalue weighted by molar-refractivity contribution is 0.0951. The monoisotopic (exact) mass is 294 g/mol. The van der Waals surface area contributed by atoms with Crippen LogP contribution in [0.5, 0.6) is 0 Å². The van der Waals surface area contributed by atoms with Crippen molar-refractivity contribution >= 4 is 22.6 Å². The average Bonchev–Trinajstić information content (AvgIpc) is 2.96. The van der Waals surface area contributed by atoms with E-state index in [1.165, 1.54) is 0 Å². The summed E-state index contributed by atoms with van der Waals surface area (Å²) in [5, 5.41) is 4.09. The molecular formula is C17H18N4O. The molecule has 0 saturated carbocycles. The molecule has 2 N–H and O–H groups in total. The maximum atomic E-state index is 12.4. The van der Waals surface area contributed by atoms with Gasteiger partial charge in [0, 0.05) is 43.9 Å². The Morgan fingerprint density at radius 1 is 1.23 bits per heavy atom. The first-order valence-electron chi connectivity index (χ1n) is 7.12. The van der Waals surface area contributed by atoms with E-state index in [0.29, 0.717) is 17.9 Å². The number of H-pyrrole nitrogens is 1. The molecule has 0 fully saturated rings. The highest BCUT2D eigenvalue weighted by molar-refractivity contribution is 5.99. The first kappa shape index (κ1) is 14.1. The third kappa shape index (κ3) is 2.65. The molecule has 112 valence electrons. The Labute approximate surface area is 129 Å². The molecule has 3 aromatic rings. The lowest BCUT2D eigenvalue weighted by Gasteiger charge is -2.15. The Balaban J connectivity index is 1.78. The van der Waals surface area contributed by atoms with Gasteiger partial charge in [-0.3, -0.25) is 4.79 Å². The molecule has 0 bridgehead atoms. The Morgan fingerprint density at radius 3 is 2.86 bits per heavy atom. The second-order valence-electron chi connectivity index (χ2n) is 5.31. The predicted octanol–water partition coefficient (Wildman–Crippen LogP) is 2.56. The normalized spacial score (nSPS) is 10.6. The van der Waals surface area contributed by atoms with E-state index in [1.54, 1.807) is 18.3 Å². The number of aromatic nitrogens is 2. The standard InChI is InChI=1S/C17H18N4O/c1-21(2)16-14(7-5-9-18-16)17(22)20-11-12-10-19-15-8-4-3-6-13(12)15/h3-10,19H,11H2,1-2H3,(H,20,22). The van der Waals surface area contributed by atoms with Gasteiger partial charge in [-0.15, -0.1) is 0 Å². The van der Waals surface area contributed by atoms with Crippen molar-refractivity contribution in [3.8, 4) is 0 Å². The number of amides is 1. The van der Waals surface area contributed by atoms with Crippen LogP contribution in [0.2, 0.25) is 0 Å². The summed E-state index contributed by atoms with van der Waals surface area (Å²) in [6.45, 7) is 0.477. The molecule has 5 nitrogen and oxygen atoms in total. The van der Waals surface area contributed by atoms with Gasteiger partial charge in [0.25, 0.3) is 5.91 Å². The molecule has 22 heavy (non-hydrogen) atoms. The number of para-hydroxylation sites is 1. The van der Waals surface area contributed by atoms with Gasteiger partial charge in [-0.1, -0.05) is 18.2 Å². The lowest BCUT2D eigenvalue weighted by Crippen LogP contribution is -2.25. The number of pyridine rings is 1. The minimum atomic E-state index is -0.123. The molecule has 0 aliphatic heterocycles. The summed E-state index contributed by atoms with van der Waals surface area (Å²) in [6, 6.07) is 11.6. The van der Waals surface area contributed by atoms with E-state index >= 15 is 0 Å². The van der Waals surface area contributed by atoms with Crippen molar-refractivity contribution in [2.75, 3.05) is 19.0 Å². The summed E-state index contributed by atoms with van der Waals surface area (Å²) >= 11 is 0. The van der Waals surface area contributed by atoms with Crippen LogP contribution in [-0.4, -0.2) is 30.0 Å². The van der Waals surface area contributed by atoms with E-state index in [4.69, 9.17) is 0 Å². The summed E-state index contributed by atoms with van der Waals surface area (Å²) in [5.74, 6) is 0.543. The highest BCUT2D eigenvalue weighted by atomic mass is 16.1. The van der Waals surface area contributed by atoms with Gasteiger partial charge in [0.05, 0.1) is 5.56 Å². The number of nitrogens with zero attached hydrogens (tertiary/aromatic N) is 2. The minimum Gasteiger partial charge on any atom is -0.362 e. The number of carbonyl (C=O) groups excluding carboxylic acids is 1. The number of hydrogen-bond acceptors (Lipinski definition) is 3. The van der Waals surface area contributed by atoms with Crippen LogP contribution in [0.15, 0.2) is 48.8 Å². The molecule has 1 amide bonds. The fraction of sp³-hybridized carbons (Fsp3) is 0.176. The van der Waals surface area contributed by atoms with Crippen molar-refractivity contribution in [2.45, 2.75) is 6.54 Å². The third-order valence-electron chi connectivity index (χ3n) is 3.57. The SMILES string of the molecule is CN(C)c1ncccc1C(=O)NCc1c[nH]c2ccccc12. The van der Waals surface area contributed by atoms with E-state index in [2.05, 4.69) is 15.3 Å². The molecule has 0 saturated heterocycles. The van der Waals surface area contributed by atoms with Gasteiger partial charge in [0.15, 0.2) is 0 Å². The molecule has 0 atom stereocenters. The lowest BCUT2D eigenvalue weighted by atomic mass is 10.1. The summed E-state index contributed by atoms with van der Waals surface area (Å²) in [7, 11) is 3.75. The number of hydrogen-bond donors (Lipinski definition) is 2. The zero-order chi connectivity index (χ0) is 15.5. The van der Waals surface area contributed by atoms with Crippen LogP contribution in [0.4, 0.5) is 5.82 Å². The second-order valence-corrected chi connectivity index (χ2v) is 5.31. The van der Waals surface area contributed by atoms with E-state index in [-0.39, 0.29) is 5.91 Å². The summed E-state index contributed by atoms with van der Waals surface area (Å²) < 4.78 is 0. The Bertz CT molecular complexity index is 807. The van der Waals surface area contributed by atoms with Crippen LogP contribution in [0.1, 0.15) is 15.9 Å². The maximum Gasteiger partial charge on any atom is 0.255 e. The summed E-state index contributed by atoms with van der Waals surface area (Å²) in [4.78, 5) is 21.7. The van der Waals surface area contributed by atoms with Gasteiger partial charge < -0.3 is 15.2 Å². The van der Waals surface area contributed by atoms with Crippen molar-refractivity contribution < 1.29 is 4.79 Å². The van der Waals surface area contributed by atoms with Crippen LogP contribution in [0.3, 0.4) is 0 Å². The molecule has 0 unspecified atom stereocenters. The van der Waals surface area contributed by atoms with Crippen LogP contribution < -0.4 is 10.2 Å². The molecular weight excluding hydrogens is 276 g/mol. The molecule has 0 radical (unpaired) electrons. The van der Waals surface area contributed by atoms with Crippen molar-refractivity contribution in [3.05, 3.63) is 59.9 Å². The zero-order valence-electron chi connectivity index (χ0n) is 12.6. The van der Waals surface area contributed by atoms with E-state index in [1.807, 2.05) is 49.5 Å². The Hall–Kier alpha value is -2.82. The average molecular weight is 294 g/mol. The van der Waals surface area contributed by atoms with Gasteiger partial charge in [0.2, 0.25) is 0 Å². The molecule has 0 spiro atoms. The number of rotatable bonds is 4. The second kappa shape index (κ2) is 5.89. The summed E-state index contributed by atoms with van der Waals surface area (Å²) in [6.07, 6.45) is 3.62. The summed E-state index contributed by atoms with van der Waals surface area (Å²) in [5.41, 5.74) is 2.72. The third-order valence-corrected chi connectivity index (χ3v) is 3.57. The van der Waals surface area contributed by atoms with Crippen molar-refractivity contribution in [1.29, 1.82) is 0 Å². The van der Waals surface area contributed by atoms with Crippen LogP contribution in [0.25, 0.3) is 10.9 Å². The predicted molar refractivity (Wildman–Crippen MR) is 88.0 cm³/mol. The van der Waals surface area contributed by atoms with Crippen LogP contribution >= 0.6 is 0 Å². The first-order chi connectivity index (χ1) is 10.7. The molecule has 5 heteroatoms. The van der Waals surface area contributed by atoms with Gasteiger partial charge in [0.1, 0.15) is 5.82 Å².